The van der Waals surface area contributed by atoms with E-state index < -0.39 is 24.6 Å². The van der Waals surface area contributed by atoms with Crippen LogP contribution in [0.3, 0.4) is 0 Å². The number of halogens is 1. The van der Waals surface area contributed by atoms with E-state index in [2.05, 4.69) is 12.6 Å². The number of nitro benzene ring substituents is 1. The Balaban J connectivity index is 3.70. The van der Waals surface area contributed by atoms with Gasteiger partial charge in [-0.15, -0.1) is 12.6 Å². The molecule has 1 aromatic rings. The molecule has 0 heterocycles. The minimum absolute atomic E-state index is 0.205. The fourth-order valence-electron chi connectivity index (χ4n) is 0.970. The number of nitro groups is 1. The summed E-state index contributed by atoms with van der Waals surface area (Å²) in [5.74, 6) is 0. The van der Waals surface area contributed by atoms with Crippen molar-refractivity contribution in [3.05, 3.63) is 27.8 Å². The average Bonchev–Trinajstić information content (AvgIpc) is 2.15. The van der Waals surface area contributed by atoms with Crippen LogP contribution in [0.2, 0.25) is 0 Å². The van der Waals surface area contributed by atoms with E-state index in [4.69, 9.17) is 15.9 Å². The van der Waals surface area contributed by atoms with Gasteiger partial charge in [-0.3, -0.25) is 10.1 Å². The van der Waals surface area contributed by atoms with Crippen molar-refractivity contribution in [1.29, 1.82) is 5.26 Å². The molecule has 0 aliphatic heterocycles. The smallest absolute Gasteiger partial charge is 0.258 e. The highest BCUT2D eigenvalue weighted by Crippen LogP contribution is 2.30. The summed E-state index contributed by atoms with van der Waals surface area (Å²) in [5, 5.41) is 19.1. The van der Waals surface area contributed by atoms with Crippen LogP contribution >= 0.6 is 23.3 Å². The average molecular weight is 279 g/mol. The maximum Gasteiger partial charge on any atom is 0.272 e. The topological polar surface area (TPSA) is 101 Å². The first-order valence-electron chi connectivity index (χ1n) is 3.63. The highest BCUT2D eigenvalue weighted by Gasteiger charge is 2.22. The number of hydrogen-bond acceptors (Lipinski definition) is 6. The van der Waals surface area contributed by atoms with Crippen molar-refractivity contribution in [2.45, 2.75) is 9.79 Å². The molecule has 1 aromatic carbocycles. The lowest BCUT2D eigenvalue weighted by Crippen LogP contribution is -1.98. The third-order valence-corrected chi connectivity index (χ3v) is 3.63. The fraction of sp³-hybridized carbons (Fsp3) is 0. The Hall–Kier alpha value is -1.30. The number of benzene rings is 1. The zero-order valence-corrected chi connectivity index (χ0v) is 9.88. The van der Waals surface area contributed by atoms with Crippen LogP contribution in [0.4, 0.5) is 5.69 Å². The molecule has 6 nitrogen and oxygen atoms in total. The van der Waals surface area contributed by atoms with Gasteiger partial charge in [0.05, 0.1) is 10.5 Å². The van der Waals surface area contributed by atoms with E-state index in [0.717, 1.165) is 12.1 Å². The monoisotopic (exact) mass is 278 g/mol. The first-order valence-corrected chi connectivity index (χ1v) is 6.39. The fourth-order valence-corrected chi connectivity index (χ4v) is 2.64. The first kappa shape index (κ1) is 12.8. The quantitative estimate of drug-likeness (QED) is 0.384. The summed E-state index contributed by atoms with van der Waals surface area (Å²) in [7, 11) is 0.879. The van der Waals surface area contributed by atoms with Gasteiger partial charge in [0.25, 0.3) is 14.7 Å². The Labute approximate surface area is 100 Å². The normalized spacial score (nSPS) is 10.8. The Morgan fingerprint density at radius 1 is 1.50 bits per heavy atom. The van der Waals surface area contributed by atoms with Crippen LogP contribution in [0.1, 0.15) is 5.56 Å². The molecule has 0 unspecified atom stereocenters. The lowest BCUT2D eigenvalue weighted by Gasteiger charge is -2.02. The van der Waals surface area contributed by atoms with Crippen LogP contribution in [0, 0.1) is 21.4 Å². The molecule has 84 valence electrons. The number of thiol groups is 1. The van der Waals surface area contributed by atoms with E-state index >= 15 is 0 Å². The van der Waals surface area contributed by atoms with E-state index in [-0.39, 0.29) is 10.5 Å². The number of nitriles is 1. The van der Waals surface area contributed by atoms with Gasteiger partial charge in [-0.05, 0) is 0 Å². The van der Waals surface area contributed by atoms with Gasteiger partial charge in [0.1, 0.15) is 11.0 Å². The molecular weight excluding hydrogens is 276 g/mol. The summed E-state index contributed by atoms with van der Waals surface area (Å²) >= 11 is 3.79. The van der Waals surface area contributed by atoms with Gasteiger partial charge in [0, 0.05) is 27.7 Å². The summed E-state index contributed by atoms with van der Waals surface area (Å²) in [6.45, 7) is 0. The minimum atomic E-state index is -4.18. The Kier molecular flexibility index (Phi) is 3.42. The summed E-state index contributed by atoms with van der Waals surface area (Å²) in [6.07, 6.45) is 0. The molecule has 16 heavy (non-hydrogen) atoms. The van der Waals surface area contributed by atoms with E-state index in [1.807, 2.05) is 0 Å². The number of hydrogen-bond donors (Lipinski definition) is 1. The van der Waals surface area contributed by atoms with E-state index in [1.54, 1.807) is 6.07 Å². The maximum absolute atomic E-state index is 11.1. The van der Waals surface area contributed by atoms with Crippen molar-refractivity contribution in [3.63, 3.8) is 0 Å². The van der Waals surface area contributed by atoms with Crippen LogP contribution in [0.5, 0.6) is 0 Å². The van der Waals surface area contributed by atoms with Crippen LogP contribution in [0.15, 0.2) is 21.9 Å². The molecular formula is C7H3ClN2O4S2. The number of rotatable bonds is 2. The van der Waals surface area contributed by atoms with Gasteiger partial charge < -0.3 is 0 Å². The standard InChI is InChI=1S/C7H3ClN2O4S2/c8-16(13,14)6-2-5(10(11)12)1-4(3-9)7(6)15/h1-2,15H. The van der Waals surface area contributed by atoms with Crippen LogP contribution < -0.4 is 0 Å². The molecule has 0 aliphatic rings. The second-order valence-corrected chi connectivity index (χ2v) is 5.63. The highest BCUT2D eigenvalue weighted by molar-refractivity contribution is 8.14. The van der Waals surface area contributed by atoms with Gasteiger partial charge in [-0.1, -0.05) is 0 Å². The third kappa shape index (κ3) is 2.44. The molecule has 0 radical (unpaired) electrons. The SMILES string of the molecule is N#Cc1cc([N+](=O)[O-])cc(S(=O)(=O)Cl)c1S. The summed E-state index contributed by atoms with van der Waals surface area (Å²) in [4.78, 5) is 8.92. The van der Waals surface area contributed by atoms with Crippen molar-refractivity contribution in [2.75, 3.05) is 0 Å². The highest BCUT2D eigenvalue weighted by atomic mass is 35.7. The molecule has 0 N–H and O–H groups in total. The second kappa shape index (κ2) is 4.29. The van der Waals surface area contributed by atoms with E-state index in [9.17, 15) is 18.5 Å². The van der Waals surface area contributed by atoms with Crippen molar-refractivity contribution in [2.24, 2.45) is 0 Å². The minimum Gasteiger partial charge on any atom is -0.258 e. The number of non-ortho nitro benzene ring substituents is 1. The molecule has 0 aliphatic carbocycles. The Bertz CT molecular complexity index is 606. The first-order chi connectivity index (χ1) is 7.27. The predicted octanol–water partition coefficient (Wildman–Crippen LogP) is 1.68. The third-order valence-electron chi connectivity index (χ3n) is 1.65. The molecule has 0 fully saturated rings. The van der Waals surface area contributed by atoms with Crippen LogP contribution in [-0.2, 0) is 9.05 Å². The molecule has 0 amide bonds. The van der Waals surface area contributed by atoms with Crippen molar-refractivity contribution in [1.82, 2.24) is 0 Å². The molecule has 0 aromatic heterocycles. The maximum atomic E-state index is 11.1. The molecule has 0 atom stereocenters. The zero-order valence-electron chi connectivity index (χ0n) is 7.42. The Morgan fingerprint density at radius 3 is 2.44 bits per heavy atom. The van der Waals surface area contributed by atoms with Crippen molar-refractivity contribution >= 4 is 38.0 Å². The van der Waals surface area contributed by atoms with Gasteiger partial charge >= 0.3 is 0 Å². The van der Waals surface area contributed by atoms with Gasteiger partial charge in [0.15, 0.2) is 0 Å². The van der Waals surface area contributed by atoms with Crippen molar-refractivity contribution in [3.8, 4) is 6.07 Å². The van der Waals surface area contributed by atoms with Crippen molar-refractivity contribution < 1.29 is 13.3 Å². The van der Waals surface area contributed by atoms with Crippen LogP contribution in [-0.4, -0.2) is 13.3 Å². The largest absolute Gasteiger partial charge is 0.272 e. The van der Waals surface area contributed by atoms with E-state index in [0.29, 0.717) is 0 Å². The molecule has 9 heteroatoms. The number of nitrogens with zero attached hydrogens (tertiary/aromatic N) is 2. The lowest BCUT2D eigenvalue weighted by atomic mass is 10.2. The molecule has 0 saturated carbocycles. The summed E-state index contributed by atoms with van der Waals surface area (Å²) < 4.78 is 22.2. The van der Waals surface area contributed by atoms with Crippen LogP contribution in [0.25, 0.3) is 0 Å². The van der Waals surface area contributed by atoms with E-state index in [1.165, 1.54) is 0 Å². The lowest BCUT2D eigenvalue weighted by molar-refractivity contribution is -0.385. The van der Waals surface area contributed by atoms with Gasteiger partial charge in [-0.2, -0.15) is 5.26 Å². The molecule has 1 rings (SSSR count). The predicted molar refractivity (Wildman–Crippen MR) is 58.1 cm³/mol. The molecule has 0 saturated heterocycles. The molecule has 0 bridgehead atoms. The van der Waals surface area contributed by atoms with Gasteiger partial charge in [-0.25, -0.2) is 8.42 Å². The Morgan fingerprint density at radius 2 is 2.06 bits per heavy atom. The second-order valence-electron chi connectivity index (χ2n) is 2.65. The van der Waals surface area contributed by atoms with Gasteiger partial charge in [0.2, 0.25) is 0 Å². The zero-order chi connectivity index (χ0) is 12.5. The summed E-state index contributed by atoms with van der Waals surface area (Å²) in [6, 6.07) is 3.28. The molecule has 0 spiro atoms. The summed E-state index contributed by atoms with van der Waals surface area (Å²) in [5.41, 5.74) is -0.759.